The molecule has 2 aliphatic rings. The molecule has 25 heavy (non-hydrogen) atoms. The lowest BCUT2D eigenvalue weighted by atomic mass is 9.66. The molecular weight excluding hydrogens is 322 g/mol. The van der Waals surface area contributed by atoms with Gasteiger partial charge in [0.2, 0.25) is 0 Å². The van der Waals surface area contributed by atoms with Gasteiger partial charge in [0.1, 0.15) is 11.5 Å². The van der Waals surface area contributed by atoms with Crippen LogP contribution < -0.4 is 9.47 Å². The number of hydrogen-bond acceptors (Lipinski definition) is 5. The zero-order chi connectivity index (χ0) is 18.0. The van der Waals surface area contributed by atoms with Crippen LogP contribution in [0.4, 0.5) is 4.79 Å². The van der Waals surface area contributed by atoms with Crippen LogP contribution in [0.1, 0.15) is 43.7 Å². The molecule has 1 amide bonds. The molecule has 0 bridgehead atoms. The van der Waals surface area contributed by atoms with Gasteiger partial charge in [-0.15, -0.1) is 0 Å². The lowest BCUT2D eigenvalue weighted by Crippen LogP contribution is -2.56. The number of fused-ring (bicyclic) bond motifs is 1. The Hall–Kier alpha value is -1.95. The van der Waals surface area contributed by atoms with E-state index in [1.165, 1.54) is 7.11 Å². The normalized spacial score (nSPS) is 28.9. The molecule has 1 aliphatic carbocycles. The van der Waals surface area contributed by atoms with Crippen LogP contribution in [0.5, 0.6) is 11.5 Å². The third-order valence-corrected chi connectivity index (χ3v) is 5.73. The molecule has 6 nitrogen and oxygen atoms in total. The van der Waals surface area contributed by atoms with Gasteiger partial charge in [-0.3, -0.25) is 0 Å². The second-order valence-corrected chi connectivity index (χ2v) is 6.92. The number of ether oxygens (including phenoxy) is 3. The zero-order valence-electron chi connectivity index (χ0n) is 15.2. The highest BCUT2D eigenvalue weighted by molar-refractivity contribution is 5.69. The van der Waals surface area contributed by atoms with Crippen molar-refractivity contribution in [3.63, 3.8) is 0 Å². The van der Waals surface area contributed by atoms with E-state index in [0.717, 1.165) is 31.2 Å². The van der Waals surface area contributed by atoms with Crippen LogP contribution in [0.2, 0.25) is 0 Å². The molecule has 1 aliphatic heterocycles. The largest absolute Gasteiger partial charge is 0.497 e. The Balaban J connectivity index is 2.10. The fourth-order valence-corrected chi connectivity index (χ4v) is 4.46. The third kappa shape index (κ3) is 3.15. The number of nitrogens with zero attached hydrogens (tertiary/aromatic N) is 1. The minimum Gasteiger partial charge on any atom is -0.497 e. The molecule has 0 spiro atoms. The topological polar surface area (TPSA) is 68.2 Å². The predicted octanol–water partition coefficient (Wildman–Crippen LogP) is 3.14. The van der Waals surface area contributed by atoms with E-state index in [0.29, 0.717) is 24.5 Å². The van der Waals surface area contributed by atoms with E-state index >= 15 is 0 Å². The molecule has 6 heteroatoms. The molecule has 1 saturated carbocycles. The summed E-state index contributed by atoms with van der Waals surface area (Å²) in [4.78, 5) is 14.2. The average molecular weight is 349 g/mol. The number of carbonyl (C=O) groups is 1. The summed E-state index contributed by atoms with van der Waals surface area (Å²) < 4.78 is 15.9. The van der Waals surface area contributed by atoms with Crippen molar-refractivity contribution in [1.29, 1.82) is 0 Å². The van der Waals surface area contributed by atoms with Crippen LogP contribution in [0.15, 0.2) is 18.2 Å². The molecule has 138 valence electrons. The number of rotatable bonds is 3. The van der Waals surface area contributed by atoms with Crippen LogP contribution in [0.25, 0.3) is 0 Å². The molecule has 1 N–H and O–H groups in total. The summed E-state index contributed by atoms with van der Waals surface area (Å²) in [5.74, 6) is 1.34. The summed E-state index contributed by atoms with van der Waals surface area (Å²) >= 11 is 0. The summed E-state index contributed by atoms with van der Waals surface area (Å²) in [6.45, 7) is 0.463. The number of carbonyl (C=O) groups excluding carboxylic acids is 1. The number of likely N-dealkylation sites (tertiary alicyclic amines) is 1. The Kier molecular flexibility index (Phi) is 5.08. The fraction of sp³-hybridized carbons (Fsp3) is 0.632. The number of hydrogen-bond donors (Lipinski definition) is 1. The summed E-state index contributed by atoms with van der Waals surface area (Å²) in [5, 5.41) is 11.2. The van der Waals surface area contributed by atoms with Crippen molar-refractivity contribution in [2.75, 3.05) is 27.9 Å². The summed E-state index contributed by atoms with van der Waals surface area (Å²) in [5.41, 5.74) is 0.110. The van der Waals surface area contributed by atoms with Crippen LogP contribution in [-0.4, -0.2) is 49.6 Å². The second kappa shape index (κ2) is 7.12. The van der Waals surface area contributed by atoms with Gasteiger partial charge in [0.15, 0.2) is 0 Å². The Bertz CT molecular complexity index is 634. The third-order valence-electron chi connectivity index (χ3n) is 5.73. The highest BCUT2D eigenvalue weighted by atomic mass is 16.5. The first-order chi connectivity index (χ1) is 12.0. The van der Waals surface area contributed by atoms with Gasteiger partial charge in [-0.2, -0.15) is 0 Å². The maximum Gasteiger partial charge on any atom is 0.410 e. The molecule has 1 saturated heterocycles. The smallest absolute Gasteiger partial charge is 0.410 e. The molecule has 3 rings (SSSR count). The first-order valence-corrected chi connectivity index (χ1v) is 8.83. The van der Waals surface area contributed by atoms with Gasteiger partial charge in [0, 0.05) is 18.0 Å². The van der Waals surface area contributed by atoms with Gasteiger partial charge in [-0.05, 0) is 37.5 Å². The zero-order valence-corrected chi connectivity index (χ0v) is 15.2. The van der Waals surface area contributed by atoms with Crippen LogP contribution >= 0.6 is 0 Å². The van der Waals surface area contributed by atoms with Crippen molar-refractivity contribution in [3.05, 3.63) is 23.8 Å². The van der Waals surface area contributed by atoms with Gasteiger partial charge >= 0.3 is 6.09 Å². The fourth-order valence-electron chi connectivity index (χ4n) is 4.46. The first-order valence-electron chi connectivity index (χ1n) is 8.83. The monoisotopic (exact) mass is 349 g/mol. The van der Waals surface area contributed by atoms with Crippen LogP contribution in [0, 0.1) is 5.92 Å². The molecular formula is C19H27NO5. The van der Waals surface area contributed by atoms with Gasteiger partial charge in [0.25, 0.3) is 0 Å². The predicted molar refractivity (Wildman–Crippen MR) is 92.9 cm³/mol. The van der Waals surface area contributed by atoms with E-state index in [2.05, 4.69) is 0 Å². The number of benzene rings is 1. The highest BCUT2D eigenvalue weighted by Gasteiger charge is 2.51. The summed E-state index contributed by atoms with van der Waals surface area (Å²) in [6, 6.07) is 5.29. The van der Waals surface area contributed by atoms with Crippen LogP contribution in [-0.2, 0) is 4.74 Å². The van der Waals surface area contributed by atoms with Crippen molar-refractivity contribution in [1.82, 2.24) is 4.90 Å². The van der Waals surface area contributed by atoms with E-state index in [-0.39, 0.29) is 18.1 Å². The molecule has 2 fully saturated rings. The number of aliphatic hydroxyl groups is 1. The van der Waals surface area contributed by atoms with Crippen molar-refractivity contribution in [2.24, 2.45) is 5.92 Å². The standard InChI is InChI=1S/C19H27NO5/c1-23-13-7-8-16(24-2)14(12-13)17-15-6-4-5-9-19(15,22)10-11-20(17)18(21)25-3/h7-8,12,15,17,22H,4-6,9-11H2,1-3H3/t15-,17+,19-/m1/s1. The summed E-state index contributed by atoms with van der Waals surface area (Å²) in [7, 11) is 4.62. The number of methoxy groups -OCH3 is 3. The number of amides is 1. The minimum atomic E-state index is -0.748. The van der Waals surface area contributed by atoms with Crippen molar-refractivity contribution in [3.8, 4) is 11.5 Å². The van der Waals surface area contributed by atoms with Gasteiger partial charge in [0.05, 0.1) is 33.0 Å². The maximum absolute atomic E-state index is 12.4. The molecule has 1 heterocycles. The number of piperidine rings is 1. The maximum atomic E-state index is 12.4. The van der Waals surface area contributed by atoms with Gasteiger partial charge in [-0.1, -0.05) is 12.8 Å². The average Bonchev–Trinajstić information content (AvgIpc) is 2.65. The SMILES string of the molecule is COC(=O)N1CC[C@]2(O)CCCC[C@@H]2[C@@H]1c1cc(OC)ccc1OC. The van der Waals surface area contributed by atoms with E-state index in [1.54, 1.807) is 19.1 Å². The van der Waals surface area contributed by atoms with E-state index < -0.39 is 5.60 Å². The van der Waals surface area contributed by atoms with Crippen molar-refractivity contribution in [2.45, 2.75) is 43.7 Å². The Morgan fingerprint density at radius 2 is 2.00 bits per heavy atom. The lowest BCUT2D eigenvalue weighted by molar-refractivity contribution is -0.118. The van der Waals surface area contributed by atoms with E-state index in [9.17, 15) is 9.90 Å². The second-order valence-electron chi connectivity index (χ2n) is 6.92. The molecule has 0 radical (unpaired) electrons. The molecule has 3 atom stereocenters. The van der Waals surface area contributed by atoms with Crippen molar-refractivity contribution < 1.29 is 24.1 Å². The van der Waals surface area contributed by atoms with Crippen LogP contribution in [0.3, 0.4) is 0 Å². The highest BCUT2D eigenvalue weighted by Crippen LogP contribution is 2.51. The minimum absolute atomic E-state index is 0.0462. The Labute approximate surface area is 148 Å². The Morgan fingerprint density at radius 3 is 2.68 bits per heavy atom. The van der Waals surface area contributed by atoms with Crippen molar-refractivity contribution >= 4 is 6.09 Å². The lowest BCUT2D eigenvalue weighted by Gasteiger charge is -2.52. The summed E-state index contributed by atoms with van der Waals surface area (Å²) in [6.07, 6.45) is 3.92. The molecule has 1 aromatic carbocycles. The molecule has 1 aromatic rings. The van der Waals surface area contributed by atoms with Gasteiger partial charge in [-0.25, -0.2) is 4.79 Å². The first kappa shape index (κ1) is 17.9. The van der Waals surface area contributed by atoms with E-state index in [1.807, 2.05) is 18.2 Å². The quantitative estimate of drug-likeness (QED) is 0.908. The van der Waals surface area contributed by atoms with E-state index in [4.69, 9.17) is 14.2 Å². The Morgan fingerprint density at radius 1 is 1.20 bits per heavy atom. The molecule has 0 aromatic heterocycles. The molecule has 0 unspecified atom stereocenters. The van der Waals surface area contributed by atoms with Gasteiger partial charge < -0.3 is 24.2 Å².